The highest BCUT2D eigenvalue weighted by atomic mass is 35.5. The van der Waals surface area contributed by atoms with Crippen LogP contribution in [0.3, 0.4) is 0 Å². The molecular formula is C13H20ClN3O4S. The van der Waals surface area contributed by atoms with Crippen molar-refractivity contribution in [2.45, 2.75) is 12.6 Å². The molecule has 1 saturated heterocycles. The molecule has 0 bridgehead atoms. The van der Waals surface area contributed by atoms with E-state index >= 15 is 0 Å². The van der Waals surface area contributed by atoms with Gasteiger partial charge in [-0.3, -0.25) is 9.63 Å². The Hall–Kier alpha value is -1.19. The fraction of sp³-hybridized carbons (Fsp3) is 0.462. The van der Waals surface area contributed by atoms with Crippen LogP contribution in [0.15, 0.2) is 30.3 Å². The van der Waals surface area contributed by atoms with Crippen molar-refractivity contribution in [1.82, 2.24) is 15.1 Å². The first-order chi connectivity index (χ1) is 9.97. The molecule has 1 atom stereocenters. The van der Waals surface area contributed by atoms with Crippen LogP contribution in [0.25, 0.3) is 0 Å². The van der Waals surface area contributed by atoms with Crippen LogP contribution in [0.2, 0.25) is 0 Å². The van der Waals surface area contributed by atoms with Gasteiger partial charge in [0.05, 0.1) is 12.9 Å². The van der Waals surface area contributed by atoms with Crippen LogP contribution in [0.5, 0.6) is 0 Å². The molecule has 124 valence electrons. The van der Waals surface area contributed by atoms with Crippen molar-refractivity contribution in [2.75, 3.05) is 25.9 Å². The van der Waals surface area contributed by atoms with Crippen molar-refractivity contribution in [1.29, 1.82) is 0 Å². The Morgan fingerprint density at radius 3 is 2.73 bits per heavy atom. The molecule has 9 heteroatoms. The van der Waals surface area contributed by atoms with Crippen LogP contribution in [-0.2, 0) is 26.3 Å². The van der Waals surface area contributed by atoms with Crippen LogP contribution in [0.4, 0.5) is 0 Å². The van der Waals surface area contributed by atoms with Gasteiger partial charge in [0.1, 0.15) is 6.04 Å². The highest BCUT2D eigenvalue weighted by molar-refractivity contribution is 7.88. The lowest BCUT2D eigenvalue weighted by atomic mass is 10.2. The second kappa shape index (κ2) is 8.44. The summed E-state index contributed by atoms with van der Waals surface area (Å²) in [5.74, 6) is -0.376. The largest absolute Gasteiger partial charge is 0.303 e. The van der Waals surface area contributed by atoms with Crippen molar-refractivity contribution < 1.29 is 18.0 Å². The minimum atomic E-state index is -3.28. The molecule has 2 N–H and O–H groups in total. The van der Waals surface area contributed by atoms with Crippen molar-refractivity contribution in [3.8, 4) is 0 Å². The standard InChI is InChI=1S/C13H19N3O4S.ClH/c1-21(18,19)16-8-7-14-12(9-16)13(17)15-20-10-11-5-3-2-4-6-11;/h2-6,12,14H,7-10H2,1H3,(H,15,17);1H/t12-;/m1./s1. The number of nitrogens with one attached hydrogen (secondary N) is 2. The topological polar surface area (TPSA) is 87.7 Å². The van der Waals surface area contributed by atoms with Gasteiger partial charge >= 0.3 is 0 Å². The van der Waals surface area contributed by atoms with E-state index in [0.717, 1.165) is 11.8 Å². The van der Waals surface area contributed by atoms with Gasteiger partial charge in [-0.05, 0) is 5.56 Å². The number of piperazine rings is 1. The molecule has 0 aromatic heterocycles. The summed E-state index contributed by atoms with van der Waals surface area (Å²) in [4.78, 5) is 17.1. The number of hydrogen-bond acceptors (Lipinski definition) is 5. The smallest absolute Gasteiger partial charge is 0.262 e. The average molecular weight is 350 g/mol. The minimum Gasteiger partial charge on any atom is -0.303 e. The minimum absolute atomic E-state index is 0. The molecule has 2 rings (SSSR count). The predicted molar refractivity (Wildman–Crippen MR) is 84.8 cm³/mol. The first-order valence-corrected chi connectivity index (χ1v) is 8.46. The normalized spacial score (nSPS) is 19.2. The summed E-state index contributed by atoms with van der Waals surface area (Å²) in [6.07, 6.45) is 1.14. The van der Waals surface area contributed by atoms with E-state index in [-0.39, 0.29) is 31.5 Å². The number of benzene rings is 1. The van der Waals surface area contributed by atoms with Crippen LogP contribution in [0, 0.1) is 0 Å². The summed E-state index contributed by atoms with van der Waals surface area (Å²) >= 11 is 0. The fourth-order valence-corrected chi connectivity index (χ4v) is 2.88. The molecule has 1 aliphatic heterocycles. The Labute approximate surface area is 136 Å². The first kappa shape index (κ1) is 18.9. The van der Waals surface area contributed by atoms with Crippen LogP contribution < -0.4 is 10.8 Å². The predicted octanol–water partition coefficient (Wildman–Crippen LogP) is -0.110. The van der Waals surface area contributed by atoms with Gasteiger partial charge in [0.25, 0.3) is 5.91 Å². The summed E-state index contributed by atoms with van der Waals surface area (Å²) in [7, 11) is -3.28. The Morgan fingerprint density at radius 2 is 2.09 bits per heavy atom. The zero-order valence-electron chi connectivity index (χ0n) is 12.2. The van der Waals surface area contributed by atoms with Crippen molar-refractivity contribution in [2.24, 2.45) is 0 Å². The number of hydroxylamine groups is 1. The number of carbonyl (C=O) groups is 1. The van der Waals surface area contributed by atoms with Gasteiger partial charge in [-0.15, -0.1) is 12.4 Å². The van der Waals surface area contributed by atoms with Crippen LogP contribution in [0.1, 0.15) is 5.56 Å². The second-order valence-corrected chi connectivity index (χ2v) is 6.85. The first-order valence-electron chi connectivity index (χ1n) is 6.61. The Morgan fingerprint density at radius 1 is 1.41 bits per heavy atom. The Kier molecular flexibility index (Phi) is 7.24. The number of nitrogens with zero attached hydrogens (tertiary/aromatic N) is 1. The highest BCUT2D eigenvalue weighted by Crippen LogP contribution is 2.05. The lowest BCUT2D eigenvalue weighted by Crippen LogP contribution is -2.58. The molecule has 1 aromatic carbocycles. The summed E-state index contributed by atoms with van der Waals surface area (Å²) in [6.45, 7) is 1.17. The maximum atomic E-state index is 11.9. The maximum Gasteiger partial charge on any atom is 0.262 e. The monoisotopic (exact) mass is 349 g/mol. The highest BCUT2D eigenvalue weighted by Gasteiger charge is 2.29. The lowest BCUT2D eigenvalue weighted by Gasteiger charge is -2.30. The fourth-order valence-electron chi connectivity index (χ4n) is 2.04. The average Bonchev–Trinajstić information content (AvgIpc) is 2.47. The molecule has 0 unspecified atom stereocenters. The van der Waals surface area contributed by atoms with E-state index in [1.807, 2.05) is 30.3 Å². The maximum absolute atomic E-state index is 11.9. The SMILES string of the molecule is CS(=O)(=O)N1CCN[C@@H](C(=O)NOCc2ccccc2)C1.Cl. The van der Waals surface area contributed by atoms with E-state index in [9.17, 15) is 13.2 Å². The van der Waals surface area contributed by atoms with Gasteiger partial charge in [-0.25, -0.2) is 13.9 Å². The van der Waals surface area contributed by atoms with Gasteiger partial charge < -0.3 is 5.32 Å². The molecule has 1 fully saturated rings. The van der Waals surface area contributed by atoms with Crippen molar-refractivity contribution >= 4 is 28.3 Å². The summed E-state index contributed by atoms with van der Waals surface area (Å²) in [5, 5.41) is 2.97. The molecule has 1 aliphatic rings. The Bertz CT molecular complexity index is 582. The zero-order chi connectivity index (χ0) is 15.3. The van der Waals surface area contributed by atoms with E-state index in [1.165, 1.54) is 4.31 Å². The third kappa shape index (κ3) is 5.54. The molecular weight excluding hydrogens is 330 g/mol. The van der Waals surface area contributed by atoms with Gasteiger partial charge in [0.2, 0.25) is 10.0 Å². The number of sulfonamides is 1. The molecule has 22 heavy (non-hydrogen) atoms. The van der Waals surface area contributed by atoms with E-state index in [2.05, 4.69) is 10.8 Å². The Balaban J connectivity index is 0.00000242. The molecule has 0 spiro atoms. The second-order valence-electron chi connectivity index (χ2n) is 4.87. The molecule has 7 nitrogen and oxygen atoms in total. The molecule has 1 heterocycles. The van der Waals surface area contributed by atoms with Gasteiger partial charge in [-0.2, -0.15) is 4.31 Å². The van der Waals surface area contributed by atoms with Crippen molar-refractivity contribution in [3.63, 3.8) is 0 Å². The van der Waals surface area contributed by atoms with E-state index in [1.54, 1.807) is 0 Å². The molecule has 0 saturated carbocycles. The third-order valence-corrected chi connectivity index (χ3v) is 4.45. The number of amides is 1. The summed E-state index contributed by atoms with van der Waals surface area (Å²) < 4.78 is 24.3. The van der Waals surface area contributed by atoms with Crippen LogP contribution in [-0.4, -0.2) is 50.6 Å². The lowest BCUT2D eigenvalue weighted by molar-refractivity contribution is -0.137. The number of rotatable bonds is 5. The summed E-state index contributed by atoms with van der Waals surface area (Å²) in [5.41, 5.74) is 3.29. The van der Waals surface area contributed by atoms with Gasteiger partial charge in [-0.1, -0.05) is 30.3 Å². The van der Waals surface area contributed by atoms with E-state index in [0.29, 0.717) is 13.1 Å². The molecule has 1 amide bonds. The number of hydrogen-bond donors (Lipinski definition) is 2. The zero-order valence-corrected chi connectivity index (χ0v) is 13.8. The third-order valence-electron chi connectivity index (χ3n) is 3.18. The quantitative estimate of drug-likeness (QED) is 0.724. The summed E-state index contributed by atoms with van der Waals surface area (Å²) in [6, 6.07) is 8.82. The molecule has 1 aromatic rings. The molecule has 0 aliphatic carbocycles. The molecule has 0 radical (unpaired) electrons. The van der Waals surface area contributed by atoms with E-state index < -0.39 is 16.1 Å². The van der Waals surface area contributed by atoms with Gasteiger partial charge in [0.15, 0.2) is 0 Å². The van der Waals surface area contributed by atoms with Crippen molar-refractivity contribution in [3.05, 3.63) is 35.9 Å². The van der Waals surface area contributed by atoms with E-state index in [4.69, 9.17) is 4.84 Å². The number of halogens is 1. The van der Waals surface area contributed by atoms with Crippen LogP contribution >= 0.6 is 12.4 Å². The van der Waals surface area contributed by atoms with Gasteiger partial charge in [0, 0.05) is 19.6 Å². The number of carbonyl (C=O) groups excluding carboxylic acids is 1.